The Balaban J connectivity index is 1.64. The number of rotatable bonds is 8. The molecule has 1 aliphatic heterocycles. The number of para-hydroxylation sites is 1. The Bertz CT molecular complexity index is 912. The summed E-state index contributed by atoms with van der Waals surface area (Å²) in [6, 6.07) is 14.8. The van der Waals surface area contributed by atoms with E-state index in [1.807, 2.05) is 31.2 Å². The molecule has 3 rings (SSSR count). The highest BCUT2D eigenvalue weighted by Gasteiger charge is 2.22. The fourth-order valence-electron chi connectivity index (χ4n) is 3.63. The molecule has 32 heavy (non-hydrogen) atoms. The summed E-state index contributed by atoms with van der Waals surface area (Å²) in [7, 11) is 0. The summed E-state index contributed by atoms with van der Waals surface area (Å²) in [5.74, 6) is 0.123. The fourth-order valence-corrected chi connectivity index (χ4v) is 3.63. The van der Waals surface area contributed by atoms with Crippen LogP contribution in [0.15, 0.2) is 48.5 Å². The Kier molecular flexibility index (Phi) is 7.91. The van der Waals surface area contributed by atoms with Crippen LogP contribution in [-0.2, 0) is 14.9 Å². The first-order valence-electron chi connectivity index (χ1n) is 11.3. The zero-order valence-electron chi connectivity index (χ0n) is 19.4. The number of hydrogen-bond donors (Lipinski definition) is 2. The van der Waals surface area contributed by atoms with Gasteiger partial charge in [0.1, 0.15) is 5.75 Å². The highest BCUT2D eigenvalue weighted by atomic mass is 16.5. The molecule has 2 aromatic carbocycles. The third kappa shape index (κ3) is 6.33. The monoisotopic (exact) mass is 438 g/mol. The summed E-state index contributed by atoms with van der Waals surface area (Å²) in [5, 5.41) is 5.78. The second-order valence-electron chi connectivity index (χ2n) is 9.17. The molecule has 0 spiro atoms. The summed E-state index contributed by atoms with van der Waals surface area (Å²) in [4.78, 5) is 25.6. The van der Waals surface area contributed by atoms with Crippen molar-refractivity contribution in [3.63, 3.8) is 0 Å². The summed E-state index contributed by atoms with van der Waals surface area (Å²) >= 11 is 0. The second-order valence-corrected chi connectivity index (χ2v) is 9.17. The van der Waals surface area contributed by atoms with Gasteiger partial charge in [-0.05, 0) is 54.5 Å². The molecule has 0 radical (unpaired) electrons. The first-order valence-corrected chi connectivity index (χ1v) is 11.3. The van der Waals surface area contributed by atoms with Crippen LogP contribution >= 0.6 is 0 Å². The molecule has 2 amide bonds. The molecular formula is C26H34N2O4. The van der Waals surface area contributed by atoms with Crippen LogP contribution in [0.4, 0.5) is 5.69 Å². The molecule has 1 aliphatic rings. The average molecular weight is 439 g/mol. The summed E-state index contributed by atoms with van der Waals surface area (Å²) in [6.07, 6.45) is 1.86. The van der Waals surface area contributed by atoms with Gasteiger partial charge in [0.25, 0.3) is 11.8 Å². The van der Waals surface area contributed by atoms with Gasteiger partial charge in [-0.15, -0.1) is 0 Å². The third-order valence-electron chi connectivity index (χ3n) is 5.61. The van der Waals surface area contributed by atoms with Gasteiger partial charge >= 0.3 is 0 Å². The number of hydrogen-bond acceptors (Lipinski definition) is 4. The molecular weight excluding hydrogens is 404 g/mol. The highest BCUT2D eigenvalue weighted by molar-refractivity contribution is 6.04. The van der Waals surface area contributed by atoms with Gasteiger partial charge in [-0.2, -0.15) is 0 Å². The second kappa shape index (κ2) is 10.6. The maximum Gasteiger partial charge on any atom is 0.265 e. The minimum Gasteiger partial charge on any atom is -0.481 e. The summed E-state index contributed by atoms with van der Waals surface area (Å²) < 4.78 is 11.5. The van der Waals surface area contributed by atoms with E-state index < -0.39 is 6.10 Å². The largest absolute Gasteiger partial charge is 0.481 e. The van der Waals surface area contributed by atoms with Gasteiger partial charge < -0.3 is 20.1 Å². The Hall–Kier alpha value is -2.86. The molecule has 6 nitrogen and oxygen atoms in total. The molecule has 6 heteroatoms. The molecule has 172 valence electrons. The van der Waals surface area contributed by atoms with E-state index in [9.17, 15) is 9.59 Å². The number of ether oxygens (including phenoxy) is 2. The number of carbonyl (C=O) groups excluding carboxylic acids is 2. The topological polar surface area (TPSA) is 76.7 Å². The Morgan fingerprint density at radius 1 is 1.12 bits per heavy atom. The summed E-state index contributed by atoms with van der Waals surface area (Å²) in [6.45, 7) is 9.56. The molecule has 1 fully saturated rings. The van der Waals surface area contributed by atoms with Crippen LogP contribution in [-0.4, -0.2) is 37.2 Å². The van der Waals surface area contributed by atoms with Crippen LogP contribution in [0.2, 0.25) is 0 Å². The van der Waals surface area contributed by atoms with Gasteiger partial charge in [-0.3, -0.25) is 9.59 Å². The first kappa shape index (κ1) is 23.8. The van der Waals surface area contributed by atoms with Crippen LogP contribution in [0.5, 0.6) is 5.75 Å². The van der Waals surface area contributed by atoms with Crippen molar-refractivity contribution < 1.29 is 19.1 Å². The van der Waals surface area contributed by atoms with Gasteiger partial charge in [-0.1, -0.05) is 52.0 Å². The molecule has 0 aliphatic carbocycles. The Morgan fingerprint density at radius 3 is 2.47 bits per heavy atom. The lowest BCUT2D eigenvalue weighted by Crippen LogP contribution is -2.35. The minimum absolute atomic E-state index is 0.0498. The van der Waals surface area contributed by atoms with E-state index in [-0.39, 0.29) is 23.3 Å². The lowest BCUT2D eigenvalue weighted by Gasteiger charge is -2.21. The number of carbonyl (C=O) groups is 2. The van der Waals surface area contributed by atoms with Crippen molar-refractivity contribution in [2.24, 2.45) is 0 Å². The predicted molar refractivity (Wildman–Crippen MR) is 126 cm³/mol. The van der Waals surface area contributed by atoms with Gasteiger partial charge in [0, 0.05) is 13.2 Å². The van der Waals surface area contributed by atoms with E-state index in [2.05, 4.69) is 31.4 Å². The van der Waals surface area contributed by atoms with Crippen LogP contribution in [0.1, 0.15) is 62.9 Å². The van der Waals surface area contributed by atoms with Crippen LogP contribution in [0, 0.1) is 0 Å². The SMILES string of the molecule is CC[C@@H](Oc1ccc(C(C)(C)C)cc1)C(=O)Nc1ccccc1C(=O)NC[C@@H]1CCCO1. The van der Waals surface area contributed by atoms with E-state index in [1.165, 1.54) is 5.56 Å². The zero-order chi connectivity index (χ0) is 23.1. The van der Waals surface area contributed by atoms with Crippen molar-refractivity contribution in [2.75, 3.05) is 18.5 Å². The zero-order valence-corrected chi connectivity index (χ0v) is 19.4. The van der Waals surface area contributed by atoms with Gasteiger partial charge in [0.2, 0.25) is 0 Å². The van der Waals surface area contributed by atoms with Crippen molar-refractivity contribution in [2.45, 2.75) is 64.6 Å². The molecule has 0 bridgehead atoms. The van der Waals surface area contributed by atoms with E-state index in [0.717, 1.165) is 19.4 Å². The number of benzene rings is 2. The highest BCUT2D eigenvalue weighted by Crippen LogP contribution is 2.25. The fraction of sp³-hybridized carbons (Fsp3) is 0.462. The standard InChI is InChI=1S/C26H34N2O4/c1-5-23(32-19-14-12-18(13-15-19)26(2,3)4)25(30)28-22-11-7-6-10-21(22)24(29)27-17-20-9-8-16-31-20/h6-7,10-15,20,23H,5,8-9,16-17H2,1-4H3,(H,27,29)(H,28,30)/t20-,23+/m0/s1. The van der Waals surface area contributed by atoms with Crippen molar-refractivity contribution in [1.82, 2.24) is 5.32 Å². The molecule has 0 unspecified atom stereocenters. The van der Waals surface area contributed by atoms with Crippen molar-refractivity contribution >= 4 is 17.5 Å². The lowest BCUT2D eigenvalue weighted by atomic mass is 9.87. The molecule has 2 aromatic rings. The van der Waals surface area contributed by atoms with E-state index >= 15 is 0 Å². The molecule has 1 heterocycles. The Morgan fingerprint density at radius 2 is 1.84 bits per heavy atom. The van der Waals surface area contributed by atoms with Crippen LogP contribution < -0.4 is 15.4 Å². The number of amides is 2. The van der Waals surface area contributed by atoms with Crippen molar-refractivity contribution in [1.29, 1.82) is 0 Å². The lowest BCUT2D eigenvalue weighted by molar-refractivity contribution is -0.122. The first-order chi connectivity index (χ1) is 15.3. The van der Waals surface area contributed by atoms with E-state index in [4.69, 9.17) is 9.47 Å². The van der Waals surface area contributed by atoms with E-state index in [1.54, 1.807) is 24.3 Å². The molecule has 2 N–H and O–H groups in total. The maximum absolute atomic E-state index is 12.9. The van der Waals surface area contributed by atoms with E-state index in [0.29, 0.717) is 30.0 Å². The average Bonchev–Trinajstić information content (AvgIpc) is 3.29. The smallest absolute Gasteiger partial charge is 0.265 e. The van der Waals surface area contributed by atoms with Crippen molar-refractivity contribution in [3.8, 4) is 5.75 Å². The van der Waals surface area contributed by atoms with Gasteiger partial charge in [-0.25, -0.2) is 0 Å². The normalized spacial score (nSPS) is 16.9. The number of anilines is 1. The van der Waals surface area contributed by atoms with Crippen molar-refractivity contribution in [3.05, 3.63) is 59.7 Å². The Labute approximate surface area is 190 Å². The molecule has 0 aromatic heterocycles. The minimum atomic E-state index is -0.668. The predicted octanol–water partition coefficient (Wildman–Crippen LogP) is 4.69. The van der Waals surface area contributed by atoms with Gasteiger partial charge in [0.15, 0.2) is 6.10 Å². The summed E-state index contributed by atoms with van der Waals surface area (Å²) in [5.41, 5.74) is 2.13. The molecule has 1 saturated heterocycles. The van der Waals surface area contributed by atoms with Crippen LogP contribution in [0.25, 0.3) is 0 Å². The maximum atomic E-state index is 12.9. The van der Waals surface area contributed by atoms with Crippen LogP contribution in [0.3, 0.4) is 0 Å². The number of nitrogens with one attached hydrogen (secondary N) is 2. The molecule has 2 atom stereocenters. The van der Waals surface area contributed by atoms with Gasteiger partial charge in [0.05, 0.1) is 17.4 Å². The third-order valence-corrected chi connectivity index (χ3v) is 5.61. The molecule has 0 saturated carbocycles. The quantitative estimate of drug-likeness (QED) is 0.627.